The molecule has 0 saturated carbocycles. The van der Waals surface area contributed by atoms with Crippen molar-refractivity contribution in [2.24, 2.45) is 5.92 Å². The van der Waals surface area contributed by atoms with E-state index < -0.39 is 11.7 Å². The topological polar surface area (TPSA) is 95.8 Å². The fourth-order valence-electron chi connectivity index (χ4n) is 4.51. The van der Waals surface area contributed by atoms with Crippen molar-refractivity contribution in [3.8, 4) is 45.6 Å². The van der Waals surface area contributed by atoms with Crippen molar-refractivity contribution >= 4 is 0 Å². The number of methoxy groups -OCH3 is 2. The molecule has 0 spiro atoms. The molecule has 0 amide bonds. The first-order valence-electron chi connectivity index (χ1n) is 9.79. The van der Waals surface area contributed by atoms with Crippen molar-refractivity contribution in [2.45, 2.75) is 32.0 Å². The second kappa shape index (κ2) is 6.58. The summed E-state index contributed by atoms with van der Waals surface area (Å²) in [5.41, 5.74) is 1.23. The third-order valence-electron chi connectivity index (χ3n) is 6.38. The van der Waals surface area contributed by atoms with E-state index in [1.54, 1.807) is 20.1 Å². The number of aliphatic hydroxyl groups excluding tert-OH is 1. The van der Waals surface area contributed by atoms with Gasteiger partial charge in [-0.1, -0.05) is 6.92 Å². The predicted octanol–water partition coefficient (Wildman–Crippen LogP) is 2.80. The number of aliphatic hydroxyl groups is 2. The van der Waals surface area contributed by atoms with Gasteiger partial charge >= 0.3 is 0 Å². The number of fused-ring (bicyclic) bond motifs is 5. The van der Waals surface area contributed by atoms with E-state index in [1.807, 2.05) is 13.0 Å². The molecule has 8 nitrogen and oxygen atoms in total. The average molecular weight is 416 g/mol. The Morgan fingerprint density at radius 3 is 2.10 bits per heavy atom. The van der Waals surface area contributed by atoms with Gasteiger partial charge in [0.2, 0.25) is 25.1 Å². The van der Waals surface area contributed by atoms with Gasteiger partial charge in [0.05, 0.1) is 19.8 Å². The molecule has 1 aliphatic carbocycles. The Labute approximate surface area is 173 Å². The lowest BCUT2D eigenvalue weighted by atomic mass is 9.73. The maximum Gasteiger partial charge on any atom is 0.231 e. The van der Waals surface area contributed by atoms with Gasteiger partial charge < -0.3 is 38.6 Å². The zero-order valence-corrected chi connectivity index (χ0v) is 17.3. The van der Waals surface area contributed by atoms with Gasteiger partial charge in [-0.05, 0) is 42.5 Å². The van der Waals surface area contributed by atoms with Crippen LogP contribution >= 0.6 is 0 Å². The normalized spacial score (nSPS) is 25.8. The predicted molar refractivity (Wildman–Crippen MR) is 106 cm³/mol. The fraction of sp³-hybridized carbons (Fsp3) is 0.455. The number of benzene rings is 2. The first-order valence-corrected chi connectivity index (χ1v) is 9.79. The van der Waals surface area contributed by atoms with Gasteiger partial charge in [-0.25, -0.2) is 0 Å². The quantitative estimate of drug-likeness (QED) is 0.772. The Kier molecular flexibility index (Phi) is 4.20. The summed E-state index contributed by atoms with van der Waals surface area (Å²) in [6, 6.07) is 3.60. The highest BCUT2D eigenvalue weighted by Gasteiger charge is 2.44. The summed E-state index contributed by atoms with van der Waals surface area (Å²) < 4.78 is 34.0. The van der Waals surface area contributed by atoms with Crippen molar-refractivity contribution in [3.63, 3.8) is 0 Å². The number of rotatable bonds is 2. The van der Waals surface area contributed by atoms with Crippen LogP contribution < -0.4 is 28.4 Å². The van der Waals surface area contributed by atoms with Crippen molar-refractivity contribution in [2.75, 3.05) is 27.8 Å². The van der Waals surface area contributed by atoms with Crippen LogP contribution in [-0.2, 0) is 6.42 Å². The first kappa shape index (κ1) is 19.1. The lowest BCUT2D eigenvalue weighted by molar-refractivity contribution is -0.0988. The van der Waals surface area contributed by atoms with E-state index in [0.29, 0.717) is 57.6 Å². The Morgan fingerprint density at radius 1 is 0.933 bits per heavy atom. The molecule has 3 atom stereocenters. The summed E-state index contributed by atoms with van der Waals surface area (Å²) in [6.45, 7) is 3.68. The molecule has 2 N–H and O–H groups in total. The molecular weight excluding hydrogens is 392 g/mol. The second-order valence-corrected chi connectivity index (χ2v) is 8.02. The minimum Gasteiger partial charge on any atom is -0.492 e. The van der Waals surface area contributed by atoms with E-state index in [1.165, 1.54) is 7.11 Å². The van der Waals surface area contributed by atoms with Crippen LogP contribution in [0.4, 0.5) is 0 Å². The molecule has 8 heteroatoms. The molecule has 2 heterocycles. The zero-order valence-electron chi connectivity index (χ0n) is 17.3. The molecule has 0 bridgehead atoms. The molecule has 160 valence electrons. The summed E-state index contributed by atoms with van der Waals surface area (Å²) in [7, 11) is 3.09. The Hall–Kier alpha value is -2.84. The van der Waals surface area contributed by atoms with Crippen molar-refractivity contribution in [3.05, 3.63) is 23.3 Å². The highest BCUT2D eigenvalue weighted by atomic mass is 16.7. The minimum absolute atomic E-state index is 0.0443. The SMILES string of the molecule is COc1c2c(cc3c1-c1c(cc4c(c1OC)OCO4)[C@@H](O)[C@@](C)(O)[C@@H](C)C3)OCO2. The first-order chi connectivity index (χ1) is 14.4. The van der Waals surface area contributed by atoms with E-state index in [0.717, 1.165) is 5.56 Å². The largest absolute Gasteiger partial charge is 0.492 e. The summed E-state index contributed by atoms with van der Waals surface area (Å²) >= 11 is 0. The number of ether oxygens (including phenoxy) is 6. The molecule has 0 fully saturated rings. The van der Waals surface area contributed by atoms with Gasteiger partial charge in [-0.2, -0.15) is 0 Å². The van der Waals surface area contributed by atoms with Gasteiger partial charge in [0.25, 0.3) is 0 Å². The van der Waals surface area contributed by atoms with E-state index in [-0.39, 0.29) is 19.5 Å². The van der Waals surface area contributed by atoms with E-state index in [4.69, 9.17) is 28.4 Å². The average Bonchev–Trinajstić information content (AvgIpc) is 3.39. The maximum atomic E-state index is 11.3. The molecule has 2 aromatic carbocycles. The monoisotopic (exact) mass is 416 g/mol. The standard InChI is InChI=1S/C22H24O8/c1-10-5-11-6-13-17(29-8-27-13)19(25-3)15(11)16-12(21(23)22(10,2)24)7-14-18(20(16)26-4)30-9-28-14/h6-7,10,21,23-24H,5,8-9H2,1-4H3/t10-,21+,22-/m0/s1. The Bertz CT molecular complexity index is 1030. The number of hydrogen-bond donors (Lipinski definition) is 2. The minimum atomic E-state index is -1.41. The summed E-state index contributed by atoms with van der Waals surface area (Å²) in [5, 5.41) is 22.6. The van der Waals surface area contributed by atoms with E-state index in [9.17, 15) is 10.2 Å². The Morgan fingerprint density at radius 2 is 1.50 bits per heavy atom. The Balaban J connectivity index is 1.92. The third kappa shape index (κ3) is 2.47. The molecule has 0 saturated heterocycles. The number of hydrogen-bond acceptors (Lipinski definition) is 8. The summed E-state index contributed by atoms with van der Waals surface area (Å²) in [5.74, 6) is 2.59. The molecule has 0 radical (unpaired) electrons. The van der Waals surface area contributed by atoms with Crippen LogP contribution in [0.5, 0.6) is 34.5 Å². The molecule has 0 unspecified atom stereocenters. The summed E-state index contributed by atoms with van der Waals surface area (Å²) in [6.07, 6.45) is -0.724. The lowest BCUT2D eigenvalue weighted by Gasteiger charge is -2.39. The molecule has 2 aliphatic heterocycles. The summed E-state index contributed by atoms with van der Waals surface area (Å²) in [4.78, 5) is 0. The molecule has 3 aliphatic rings. The van der Waals surface area contributed by atoms with Crippen LogP contribution in [-0.4, -0.2) is 43.6 Å². The van der Waals surface area contributed by atoms with Gasteiger partial charge in [-0.3, -0.25) is 0 Å². The molecule has 0 aromatic heterocycles. The van der Waals surface area contributed by atoms with Gasteiger partial charge in [0.15, 0.2) is 23.0 Å². The van der Waals surface area contributed by atoms with Crippen LogP contribution in [0.2, 0.25) is 0 Å². The van der Waals surface area contributed by atoms with Crippen molar-refractivity contribution < 1.29 is 38.6 Å². The van der Waals surface area contributed by atoms with Crippen LogP contribution in [0, 0.1) is 5.92 Å². The van der Waals surface area contributed by atoms with Crippen LogP contribution in [0.25, 0.3) is 11.1 Å². The van der Waals surface area contributed by atoms with Crippen LogP contribution in [0.1, 0.15) is 31.1 Å². The molecule has 2 aromatic rings. The van der Waals surface area contributed by atoms with Gasteiger partial charge in [-0.15, -0.1) is 0 Å². The van der Waals surface area contributed by atoms with E-state index >= 15 is 0 Å². The van der Waals surface area contributed by atoms with Crippen LogP contribution in [0.3, 0.4) is 0 Å². The zero-order chi connectivity index (χ0) is 21.2. The van der Waals surface area contributed by atoms with Crippen LogP contribution in [0.15, 0.2) is 12.1 Å². The van der Waals surface area contributed by atoms with E-state index in [2.05, 4.69) is 0 Å². The van der Waals surface area contributed by atoms with Crippen molar-refractivity contribution in [1.82, 2.24) is 0 Å². The fourth-order valence-corrected chi connectivity index (χ4v) is 4.51. The third-order valence-corrected chi connectivity index (χ3v) is 6.38. The van der Waals surface area contributed by atoms with Gasteiger partial charge in [0, 0.05) is 11.1 Å². The molecule has 5 rings (SSSR count). The smallest absolute Gasteiger partial charge is 0.231 e. The second-order valence-electron chi connectivity index (χ2n) is 8.02. The molecule has 30 heavy (non-hydrogen) atoms. The highest BCUT2D eigenvalue weighted by Crippen LogP contribution is 2.59. The highest BCUT2D eigenvalue weighted by molar-refractivity contribution is 5.89. The van der Waals surface area contributed by atoms with Gasteiger partial charge in [0.1, 0.15) is 6.10 Å². The van der Waals surface area contributed by atoms with Crippen molar-refractivity contribution in [1.29, 1.82) is 0 Å². The lowest BCUT2D eigenvalue weighted by Crippen LogP contribution is -2.41. The molecular formula is C22H24O8. The maximum absolute atomic E-state index is 11.3.